The van der Waals surface area contributed by atoms with Gasteiger partial charge in [0.2, 0.25) is 0 Å². The number of carbonyl (C=O) groups is 1. The van der Waals surface area contributed by atoms with E-state index in [0.717, 1.165) is 17.9 Å². The minimum Gasteiger partial charge on any atom is -0.465 e. The second-order valence-electron chi connectivity index (χ2n) is 7.76. The quantitative estimate of drug-likeness (QED) is 0.340. The van der Waals surface area contributed by atoms with Gasteiger partial charge in [-0.25, -0.2) is 4.98 Å². The van der Waals surface area contributed by atoms with E-state index in [1.165, 1.54) is 24.8 Å². The van der Waals surface area contributed by atoms with E-state index in [1.54, 1.807) is 34.9 Å². The molecule has 0 bridgehead atoms. The Hall–Kier alpha value is -4.27. The lowest BCUT2D eigenvalue weighted by atomic mass is 10.1. The lowest BCUT2D eigenvalue weighted by Gasteiger charge is -2.09. The number of carbonyl (C=O) groups excluding carboxylic acids is 1. The number of hydrogen-bond donors (Lipinski definition) is 1. The molecule has 0 spiro atoms. The van der Waals surface area contributed by atoms with E-state index in [0.29, 0.717) is 39.4 Å². The first-order valence-electron chi connectivity index (χ1n) is 10.3. The third-order valence-electron chi connectivity index (χ3n) is 5.45. The first kappa shape index (κ1) is 21.6. The molecule has 5 rings (SSSR count). The molecule has 4 heterocycles. The molecule has 0 aliphatic rings. The summed E-state index contributed by atoms with van der Waals surface area (Å²) in [6.45, 7) is 2.04. The number of hydrogen-bond acceptors (Lipinski definition) is 4. The number of rotatable bonds is 5. The predicted molar refractivity (Wildman–Crippen MR) is 118 cm³/mol. The number of nitrogens with zero attached hydrogens (tertiary/aromatic N) is 2. The zero-order chi connectivity index (χ0) is 23.9. The van der Waals surface area contributed by atoms with Crippen molar-refractivity contribution in [3.63, 3.8) is 0 Å². The summed E-state index contributed by atoms with van der Waals surface area (Å²) in [5.74, 6) is 1.05. The molecule has 0 unspecified atom stereocenters. The number of furan rings is 1. The zero-order valence-electron chi connectivity index (χ0n) is 17.9. The largest absolute Gasteiger partial charge is 0.465 e. The number of halogens is 3. The van der Waals surface area contributed by atoms with Gasteiger partial charge in [0, 0.05) is 11.7 Å². The number of aryl methyl sites for hydroxylation is 1. The van der Waals surface area contributed by atoms with Crippen molar-refractivity contribution in [2.75, 3.05) is 0 Å². The van der Waals surface area contributed by atoms with Crippen LogP contribution in [0.25, 0.3) is 28.0 Å². The van der Waals surface area contributed by atoms with Crippen LogP contribution in [0.3, 0.4) is 0 Å². The summed E-state index contributed by atoms with van der Waals surface area (Å²) in [6.07, 6.45) is 0.0508. The molecule has 0 atom stereocenters. The van der Waals surface area contributed by atoms with Gasteiger partial charge in [-0.1, -0.05) is 18.2 Å². The lowest BCUT2D eigenvalue weighted by molar-refractivity contribution is -0.137. The summed E-state index contributed by atoms with van der Waals surface area (Å²) in [4.78, 5) is 17.3. The molecule has 34 heavy (non-hydrogen) atoms. The van der Waals surface area contributed by atoms with E-state index >= 15 is 0 Å². The van der Waals surface area contributed by atoms with E-state index in [-0.39, 0.29) is 12.5 Å². The molecular weight excluding hydrogens is 447 g/mol. The topological polar surface area (TPSA) is 72.7 Å². The van der Waals surface area contributed by atoms with Gasteiger partial charge in [0.05, 0.1) is 23.4 Å². The Bertz CT molecular complexity index is 1460. The van der Waals surface area contributed by atoms with Gasteiger partial charge in [-0.2, -0.15) is 13.2 Å². The smallest absolute Gasteiger partial charge is 0.416 e. The van der Waals surface area contributed by atoms with Crippen molar-refractivity contribution in [2.24, 2.45) is 0 Å². The summed E-state index contributed by atoms with van der Waals surface area (Å²) >= 11 is 0. The Morgan fingerprint density at radius 2 is 1.82 bits per heavy atom. The van der Waals surface area contributed by atoms with Crippen LogP contribution in [-0.2, 0) is 12.7 Å². The SMILES string of the molecule is Cc1ccc(CNC(=O)c2cc3ccc(-c4ccc(C(F)(F)F)cc4)cn3c2-c2cocn2)o1. The number of aromatic nitrogens is 2. The molecule has 9 heteroatoms. The van der Waals surface area contributed by atoms with Crippen molar-refractivity contribution in [3.05, 3.63) is 96.1 Å². The molecule has 4 aromatic heterocycles. The molecule has 0 aliphatic carbocycles. The maximum absolute atomic E-state index is 13.1. The fourth-order valence-electron chi connectivity index (χ4n) is 3.80. The van der Waals surface area contributed by atoms with Crippen LogP contribution in [0.15, 0.2) is 82.3 Å². The second-order valence-corrected chi connectivity index (χ2v) is 7.76. The van der Waals surface area contributed by atoms with E-state index in [4.69, 9.17) is 8.83 Å². The normalized spacial score (nSPS) is 11.8. The molecule has 1 aromatic carbocycles. The summed E-state index contributed by atoms with van der Waals surface area (Å²) in [5, 5.41) is 2.85. The number of fused-ring (bicyclic) bond motifs is 1. The zero-order valence-corrected chi connectivity index (χ0v) is 17.9. The van der Waals surface area contributed by atoms with E-state index in [2.05, 4.69) is 10.3 Å². The first-order valence-corrected chi connectivity index (χ1v) is 10.3. The fourth-order valence-corrected chi connectivity index (χ4v) is 3.80. The molecule has 0 radical (unpaired) electrons. The van der Waals surface area contributed by atoms with Crippen LogP contribution < -0.4 is 5.32 Å². The minimum absolute atomic E-state index is 0.216. The van der Waals surface area contributed by atoms with Gasteiger partial charge in [-0.3, -0.25) is 4.79 Å². The third-order valence-corrected chi connectivity index (χ3v) is 5.45. The molecule has 0 saturated carbocycles. The van der Waals surface area contributed by atoms with Crippen LogP contribution in [0.5, 0.6) is 0 Å². The van der Waals surface area contributed by atoms with Gasteiger partial charge >= 0.3 is 6.18 Å². The van der Waals surface area contributed by atoms with Crippen LogP contribution in [0.2, 0.25) is 0 Å². The molecule has 1 N–H and O–H groups in total. The number of pyridine rings is 1. The highest BCUT2D eigenvalue weighted by Gasteiger charge is 2.30. The van der Waals surface area contributed by atoms with Crippen LogP contribution in [0.1, 0.15) is 27.4 Å². The van der Waals surface area contributed by atoms with Crippen molar-refractivity contribution >= 4 is 11.4 Å². The van der Waals surface area contributed by atoms with E-state index in [1.807, 2.05) is 13.0 Å². The Morgan fingerprint density at radius 3 is 2.47 bits per heavy atom. The van der Waals surface area contributed by atoms with Crippen LogP contribution in [0.4, 0.5) is 13.2 Å². The van der Waals surface area contributed by atoms with Crippen molar-refractivity contribution in [3.8, 4) is 22.5 Å². The molecule has 5 aromatic rings. The van der Waals surface area contributed by atoms with Gasteiger partial charge < -0.3 is 18.6 Å². The average molecular weight is 465 g/mol. The summed E-state index contributed by atoms with van der Waals surface area (Å²) in [5.41, 5.74) is 2.62. The fraction of sp³-hybridized carbons (Fsp3) is 0.120. The number of nitrogens with one attached hydrogen (secondary N) is 1. The number of alkyl halides is 3. The highest BCUT2D eigenvalue weighted by molar-refractivity contribution is 6.02. The Kier molecular flexibility index (Phi) is 5.24. The van der Waals surface area contributed by atoms with E-state index in [9.17, 15) is 18.0 Å². The minimum atomic E-state index is -4.40. The third kappa shape index (κ3) is 4.07. The van der Waals surface area contributed by atoms with Crippen molar-refractivity contribution in [1.82, 2.24) is 14.7 Å². The number of amides is 1. The summed E-state index contributed by atoms with van der Waals surface area (Å²) in [7, 11) is 0. The Morgan fingerprint density at radius 1 is 1.06 bits per heavy atom. The molecule has 1 amide bonds. The Balaban J connectivity index is 1.53. The lowest BCUT2D eigenvalue weighted by Crippen LogP contribution is -2.22. The Labute approximate surface area is 191 Å². The van der Waals surface area contributed by atoms with Crippen molar-refractivity contribution < 1.29 is 26.8 Å². The van der Waals surface area contributed by atoms with Crippen molar-refractivity contribution in [1.29, 1.82) is 0 Å². The van der Waals surface area contributed by atoms with E-state index < -0.39 is 11.7 Å². The monoisotopic (exact) mass is 465 g/mol. The number of oxazole rings is 1. The first-order chi connectivity index (χ1) is 16.3. The second kappa shape index (κ2) is 8.26. The van der Waals surface area contributed by atoms with Gasteiger partial charge in [-0.05, 0) is 54.4 Å². The van der Waals surface area contributed by atoms with Crippen LogP contribution >= 0.6 is 0 Å². The highest BCUT2D eigenvalue weighted by atomic mass is 19.4. The van der Waals surface area contributed by atoms with Gasteiger partial charge in [0.1, 0.15) is 23.5 Å². The van der Waals surface area contributed by atoms with Crippen molar-refractivity contribution in [2.45, 2.75) is 19.6 Å². The standard InChI is InChI=1S/C25H18F3N3O3/c1-15-2-9-20(34-15)11-29-24(32)21-10-19-8-5-17(12-31(19)23(21)22-13-33-14-30-22)16-3-6-18(7-4-16)25(26,27)28/h2-10,12-14H,11H2,1H3,(H,29,32). The average Bonchev–Trinajstić information content (AvgIpc) is 3.56. The predicted octanol–water partition coefficient (Wildman–Crippen LogP) is 6.11. The maximum Gasteiger partial charge on any atom is 0.416 e. The molecule has 172 valence electrons. The van der Waals surface area contributed by atoms with Gasteiger partial charge in [0.15, 0.2) is 6.39 Å². The maximum atomic E-state index is 13.1. The van der Waals surface area contributed by atoms with Gasteiger partial charge in [-0.15, -0.1) is 0 Å². The molecule has 0 fully saturated rings. The molecule has 6 nitrogen and oxygen atoms in total. The molecule has 0 aliphatic heterocycles. The van der Waals surface area contributed by atoms with Crippen LogP contribution in [0, 0.1) is 6.92 Å². The summed E-state index contributed by atoms with van der Waals surface area (Å²) in [6, 6.07) is 13.8. The number of benzene rings is 1. The summed E-state index contributed by atoms with van der Waals surface area (Å²) < 4.78 is 51.2. The van der Waals surface area contributed by atoms with Crippen LogP contribution in [-0.4, -0.2) is 15.3 Å². The molecule has 0 saturated heterocycles. The van der Waals surface area contributed by atoms with Gasteiger partial charge in [0.25, 0.3) is 5.91 Å². The highest BCUT2D eigenvalue weighted by Crippen LogP contribution is 2.33. The molecular formula is C25H18F3N3O3.